The summed E-state index contributed by atoms with van der Waals surface area (Å²) in [5.41, 5.74) is 2.17. The Balaban J connectivity index is 1.83. The van der Waals surface area contributed by atoms with Gasteiger partial charge in [-0.1, -0.05) is 35.9 Å². The number of hydrogen-bond donors (Lipinski definition) is 1. The van der Waals surface area contributed by atoms with Crippen molar-refractivity contribution in [3.63, 3.8) is 0 Å². The highest BCUT2D eigenvalue weighted by atomic mass is 35.5. The molecule has 0 spiro atoms. The van der Waals surface area contributed by atoms with Gasteiger partial charge in [0.05, 0.1) is 19.7 Å². The number of rotatable bonds is 7. The van der Waals surface area contributed by atoms with Gasteiger partial charge < -0.3 is 10.1 Å². The Hall–Kier alpha value is -2.04. The van der Waals surface area contributed by atoms with Gasteiger partial charge in [0.15, 0.2) is 0 Å². The van der Waals surface area contributed by atoms with Crippen molar-refractivity contribution < 1.29 is 9.53 Å². The van der Waals surface area contributed by atoms with Crippen LogP contribution < -0.4 is 10.1 Å². The number of benzene rings is 2. The van der Waals surface area contributed by atoms with E-state index in [4.69, 9.17) is 16.3 Å². The van der Waals surface area contributed by atoms with E-state index in [-0.39, 0.29) is 11.9 Å². The van der Waals surface area contributed by atoms with Crippen LogP contribution in [0.5, 0.6) is 5.75 Å². The SMILES string of the molecule is COc1ccc(CN(C)CC(=O)N[C@@H](C)c2ccc(Cl)cc2)cc1. The molecule has 0 fully saturated rings. The Morgan fingerprint density at radius 1 is 1.17 bits per heavy atom. The topological polar surface area (TPSA) is 41.6 Å². The molecule has 1 N–H and O–H groups in total. The van der Waals surface area contributed by atoms with E-state index in [0.29, 0.717) is 18.1 Å². The van der Waals surface area contributed by atoms with Crippen LogP contribution in [0.2, 0.25) is 5.02 Å². The largest absolute Gasteiger partial charge is 0.497 e. The Bertz CT molecular complexity index is 656. The van der Waals surface area contributed by atoms with Gasteiger partial charge >= 0.3 is 0 Å². The summed E-state index contributed by atoms with van der Waals surface area (Å²) in [4.78, 5) is 14.2. The summed E-state index contributed by atoms with van der Waals surface area (Å²) in [6, 6.07) is 15.3. The molecule has 1 amide bonds. The Morgan fingerprint density at radius 2 is 1.79 bits per heavy atom. The zero-order chi connectivity index (χ0) is 17.5. The zero-order valence-corrected chi connectivity index (χ0v) is 15.0. The molecule has 0 aliphatic heterocycles. The number of ether oxygens (including phenoxy) is 1. The molecule has 24 heavy (non-hydrogen) atoms. The molecule has 2 rings (SSSR count). The maximum absolute atomic E-state index is 12.2. The van der Waals surface area contributed by atoms with Crippen LogP contribution in [0.1, 0.15) is 24.1 Å². The fraction of sp³-hybridized carbons (Fsp3) is 0.316. The predicted octanol–water partition coefficient (Wildman–Crippen LogP) is 3.66. The van der Waals surface area contributed by atoms with Gasteiger partial charge in [-0.15, -0.1) is 0 Å². The second-order valence-electron chi connectivity index (χ2n) is 5.86. The van der Waals surface area contributed by atoms with E-state index < -0.39 is 0 Å². The van der Waals surface area contributed by atoms with E-state index in [0.717, 1.165) is 16.9 Å². The van der Waals surface area contributed by atoms with Crippen molar-refractivity contribution >= 4 is 17.5 Å². The lowest BCUT2D eigenvalue weighted by Crippen LogP contribution is -2.36. The minimum atomic E-state index is -0.0517. The molecular formula is C19H23ClN2O2. The van der Waals surface area contributed by atoms with Gasteiger partial charge in [0.25, 0.3) is 0 Å². The third-order valence-corrected chi connectivity index (χ3v) is 4.02. The van der Waals surface area contributed by atoms with E-state index in [1.54, 1.807) is 7.11 Å². The van der Waals surface area contributed by atoms with Crippen LogP contribution in [0.3, 0.4) is 0 Å². The molecule has 0 unspecified atom stereocenters. The lowest BCUT2D eigenvalue weighted by atomic mass is 10.1. The Morgan fingerprint density at radius 3 is 2.38 bits per heavy atom. The molecule has 0 aromatic heterocycles. The number of hydrogen-bond acceptors (Lipinski definition) is 3. The van der Waals surface area contributed by atoms with E-state index in [2.05, 4.69) is 5.32 Å². The van der Waals surface area contributed by atoms with E-state index in [1.807, 2.05) is 67.4 Å². The van der Waals surface area contributed by atoms with Crippen LogP contribution in [0.25, 0.3) is 0 Å². The quantitative estimate of drug-likeness (QED) is 0.832. The molecule has 0 heterocycles. The summed E-state index contributed by atoms with van der Waals surface area (Å²) in [5, 5.41) is 3.70. The number of amides is 1. The standard InChI is InChI=1S/C19H23ClN2O2/c1-14(16-6-8-17(20)9-7-16)21-19(23)13-22(2)12-15-4-10-18(24-3)11-5-15/h4-11,14H,12-13H2,1-3H3,(H,21,23)/t14-/m0/s1. The highest BCUT2D eigenvalue weighted by molar-refractivity contribution is 6.30. The molecule has 0 aliphatic rings. The number of likely N-dealkylation sites (N-methyl/N-ethyl adjacent to an activating group) is 1. The van der Waals surface area contributed by atoms with Crippen molar-refractivity contribution in [1.29, 1.82) is 0 Å². The van der Waals surface area contributed by atoms with Gasteiger partial charge in [-0.2, -0.15) is 0 Å². The number of halogens is 1. The van der Waals surface area contributed by atoms with E-state index >= 15 is 0 Å². The summed E-state index contributed by atoms with van der Waals surface area (Å²) in [6.45, 7) is 3.00. The van der Waals surface area contributed by atoms with Crippen molar-refractivity contribution in [2.45, 2.75) is 19.5 Å². The molecule has 0 bridgehead atoms. The fourth-order valence-electron chi connectivity index (χ4n) is 2.47. The molecule has 0 aliphatic carbocycles. The van der Waals surface area contributed by atoms with E-state index in [9.17, 15) is 4.79 Å². The summed E-state index contributed by atoms with van der Waals surface area (Å²) in [7, 11) is 3.57. The van der Waals surface area contributed by atoms with Crippen LogP contribution in [-0.4, -0.2) is 31.5 Å². The molecule has 0 radical (unpaired) electrons. The minimum absolute atomic E-state index is 0.00605. The monoisotopic (exact) mass is 346 g/mol. The molecule has 0 saturated heterocycles. The summed E-state index contributed by atoms with van der Waals surface area (Å²) in [5.74, 6) is 0.824. The van der Waals surface area contributed by atoms with Crippen molar-refractivity contribution in [3.8, 4) is 5.75 Å². The summed E-state index contributed by atoms with van der Waals surface area (Å²) >= 11 is 5.89. The van der Waals surface area contributed by atoms with Crippen LogP contribution >= 0.6 is 11.6 Å². The van der Waals surface area contributed by atoms with Gasteiger partial charge in [0, 0.05) is 11.6 Å². The molecule has 2 aromatic rings. The first-order valence-corrected chi connectivity index (χ1v) is 8.22. The maximum Gasteiger partial charge on any atom is 0.234 e. The van der Waals surface area contributed by atoms with Crippen LogP contribution in [0.15, 0.2) is 48.5 Å². The minimum Gasteiger partial charge on any atom is -0.497 e. The fourth-order valence-corrected chi connectivity index (χ4v) is 2.59. The second-order valence-corrected chi connectivity index (χ2v) is 6.30. The third-order valence-electron chi connectivity index (χ3n) is 3.77. The smallest absolute Gasteiger partial charge is 0.234 e. The third kappa shape index (κ3) is 5.55. The van der Waals surface area contributed by atoms with Gasteiger partial charge in [0.2, 0.25) is 5.91 Å². The molecular weight excluding hydrogens is 324 g/mol. The first-order valence-electron chi connectivity index (χ1n) is 7.84. The number of methoxy groups -OCH3 is 1. The first-order chi connectivity index (χ1) is 11.5. The number of carbonyl (C=O) groups excluding carboxylic acids is 1. The highest BCUT2D eigenvalue weighted by Crippen LogP contribution is 2.16. The number of nitrogens with one attached hydrogen (secondary N) is 1. The van der Waals surface area contributed by atoms with Gasteiger partial charge in [-0.05, 0) is 49.4 Å². The lowest BCUT2D eigenvalue weighted by Gasteiger charge is -2.19. The number of nitrogens with zero attached hydrogens (tertiary/aromatic N) is 1. The van der Waals surface area contributed by atoms with Gasteiger partial charge in [-0.25, -0.2) is 0 Å². The highest BCUT2D eigenvalue weighted by Gasteiger charge is 2.12. The van der Waals surface area contributed by atoms with Crippen LogP contribution in [0, 0.1) is 0 Å². The lowest BCUT2D eigenvalue weighted by molar-refractivity contribution is -0.122. The predicted molar refractivity (Wildman–Crippen MR) is 97.3 cm³/mol. The molecule has 0 saturated carbocycles. The Kier molecular flexibility index (Phi) is 6.64. The molecule has 128 valence electrons. The van der Waals surface area contributed by atoms with E-state index in [1.165, 1.54) is 0 Å². The maximum atomic E-state index is 12.2. The second kappa shape index (κ2) is 8.71. The van der Waals surface area contributed by atoms with Crippen LogP contribution in [0.4, 0.5) is 0 Å². The average Bonchev–Trinajstić information content (AvgIpc) is 2.55. The zero-order valence-electron chi connectivity index (χ0n) is 14.3. The van der Waals surface area contributed by atoms with Gasteiger partial charge in [0.1, 0.15) is 5.75 Å². The molecule has 1 atom stereocenters. The van der Waals surface area contributed by atoms with Crippen molar-refractivity contribution in [2.75, 3.05) is 20.7 Å². The number of carbonyl (C=O) groups is 1. The molecule has 2 aromatic carbocycles. The normalized spacial score (nSPS) is 12.0. The van der Waals surface area contributed by atoms with Crippen molar-refractivity contribution in [3.05, 3.63) is 64.7 Å². The van der Waals surface area contributed by atoms with Crippen LogP contribution in [-0.2, 0) is 11.3 Å². The Labute approximate surface area is 148 Å². The van der Waals surface area contributed by atoms with Gasteiger partial charge in [-0.3, -0.25) is 9.69 Å². The first kappa shape index (κ1) is 18.3. The molecule has 5 heteroatoms. The molecule has 4 nitrogen and oxygen atoms in total. The van der Waals surface area contributed by atoms with Crippen molar-refractivity contribution in [2.24, 2.45) is 0 Å². The summed E-state index contributed by atoms with van der Waals surface area (Å²) < 4.78 is 5.15. The summed E-state index contributed by atoms with van der Waals surface area (Å²) in [6.07, 6.45) is 0. The average molecular weight is 347 g/mol. The van der Waals surface area contributed by atoms with Crippen molar-refractivity contribution in [1.82, 2.24) is 10.2 Å².